The van der Waals surface area contributed by atoms with Crippen molar-refractivity contribution in [1.29, 1.82) is 0 Å². The van der Waals surface area contributed by atoms with E-state index in [4.69, 9.17) is 4.74 Å². The summed E-state index contributed by atoms with van der Waals surface area (Å²) in [7, 11) is 0. The third-order valence-electron chi connectivity index (χ3n) is 4.60. The lowest BCUT2D eigenvalue weighted by atomic mass is 10.2. The summed E-state index contributed by atoms with van der Waals surface area (Å²) in [5, 5.41) is 7.17. The number of halogens is 1. The molecule has 1 atom stereocenters. The van der Waals surface area contributed by atoms with Crippen LogP contribution in [0.5, 0.6) is 0 Å². The second-order valence-corrected chi connectivity index (χ2v) is 8.77. The van der Waals surface area contributed by atoms with E-state index in [1.54, 1.807) is 22.8 Å². The van der Waals surface area contributed by atoms with Crippen LogP contribution in [0, 0.1) is 0 Å². The lowest BCUT2D eigenvalue weighted by Crippen LogP contribution is -2.15. The van der Waals surface area contributed by atoms with E-state index in [1.807, 2.05) is 48.5 Å². The van der Waals surface area contributed by atoms with Gasteiger partial charge < -0.3 is 4.74 Å². The molecule has 1 N–H and O–H groups in total. The quantitative estimate of drug-likeness (QED) is 0.508. The molecule has 0 saturated carbocycles. The van der Waals surface area contributed by atoms with E-state index in [2.05, 4.69) is 31.3 Å². The van der Waals surface area contributed by atoms with Crippen molar-refractivity contribution in [1.82, 2.24) is 14.8 Å². The van der Waals surface area contributed by atoms with Gasteiger partial charge in [0.2, 0.25) is 5.95 Å². The largest absolute Gasteiger partial charge is 0.377 e. The van der Waals surface area contributed by atoms with Crippen molar-refractivity contribution in [3.8, 4) is 0 Å². The molecule has 2 heterocycles. The minimum absolute atomic E-state index is 0.207. The summed E-state index contributed by atoms with van der Waals surface area (Å²) in [6, 6.07) is 15.6. The smallest absolute Gasteiger partial charge is 0.259 e. The molecule has 29 heavy (non-hydrogen) atoms. The first-order valence-electron chi connectivity index (χ1n) is 9.46. The number of hydrogen-bond donors (Lipinski definition) is 1. The third kappa shape index (κ3) is 5.46. The van der Waals surface area contributed by atoms with Gasteiger partial charge in [0.15, 0.2) is 0 Å². The van der Waals surface area contributed by atoms with Gasteiger partial charge in [-0.3, -0.25) is 10.1 Å². The highest BCUT2D eigenvalue weighted by molar-refractivity contribution is 9.10. The number of carbonyl (C=O) groups is 1. The molecule has 6 nitrogen and oxygen atoms in total. The van der Waals surface area contributed by atoms with Crippen molar-refractivity contribution in [2.24, 2.45) is 0 Å². The van der Waals surface area contributed by atoms with Crippen LogP contribution in [0.4, 0.5) is 5.95 Å². The lowest BCUT2D eigenvalue weighted by Gasteiger charge is -2.11. The Morgan fingerprint density at radius 2 is 2.07 bits per heavy atom. The van der Waals surface area contributed by atoms with Crippen molar-refractivity contribution < 1.29 is 9.53 Å². The molecular formula is C21H21BrN4O2S. The van der Waals surface area contributed by atoms with E-state index in [0.717, 1.165) is 40.1 Å². The molecule has 1 saturated heterocycles. The summed E-state index contributed by atoms with van der Waals surface area (Å²) >= 11 is 5.08. The number of hydrogen-bond acceptors (Lipinski definition) is 5. The average Bonchev–Trinajstić information content (AvgIpc) is 3.40. The van der Waals surface area contributed by atoms with Crippen LogP contribution in [0.25, 0.3) is 0 Å². The van der Waals surface area contributed by atoms with Gasteiger partial charge in [-0.05, 0) is 42.7 Å². The Morgan fingerprint density at radius 3 is 2.86 bits per heavy atom. The van der Waals surface area contributed by atoms with E-state index in [0.29, 0.717) is 18.1 Å². The Bertz CT molecular complexity index is 971. The summed E-state index contributed by atoms with van der Waals surface area (Å²) in [4.78, 5) is 17.9. The van der Waals surface area contributed by atoms with Crippen molar-refractivity contribution in [2.45, 2.75) is 30.4 Å². The van der Waals surface area contributed by atoms with Gasteiger partial charge >= 0.3 is 0 Å². The number of nitrogens with zero attached hydrogens (tertiary/aromatic N) is 3. The van der Waals surface area contributed by atoms with Crippen molar-refractivity contribution in [3.63, 3.8) is 0 Å². The van der Waals surface area contributed by atoms with E-state index in [1.165, 1.54) is 0 Å². The normalized spacial score (nSPS) is 16.1. The van der Waals surface area contributed by atoms with Gasteiger partial charge in [0.05, 0.1) is 18.2 Å². The highest BCUT2D eigenvalue weighted by atomic mass is 79.9. The minimum Gasteiger partial charge on any atom is -0.377 e. The van der Waals surface area contributed by atoms with Crippen molar-refractivity contribution in [3.05, 3.63) is 70.5 Å². The van der Waals surface area contributed by atoms with E-state index < -0.39 is 0 Å². The van der Waals surface area contributed by atoms with Crippen LogP contribution in [0.2, 0.25) is 0 Å². The molecular weight excluding hydrogens is 452 g/mol. The number of amides is 1. The van der Waals surface area contributed by atoms with Crippen LogP contribution >= 0.6 is 27.7 Å². The molecule has 3 aromatic rings. The number of nitrogens with one attached hydrogen (secondary N) is 1. The number of carbonyl (C=O) groups excluding carboxylic acids is 1. The first-order valence-corrected chi connectivity index (χ1v) is 11.2. The van der Waals surface area contributed by atoms with E-state index in [-0.39, 0.29) is 12.0 Å². The summed E-state index contributed by atoms with van der Waals surface area (Å²) in [5.41, 5.74) is 1.73. The van der Waals surface area contributed by atoms with Crippen LogP contribution in [0.1, 0.15) is 28.8 Å². The molecule has 1 unspecified atom stereocenters. The zero-order valence-corrected chi connectivity index (χ0v) is 18.2. The molecule has 150 valence electrons. The number of anilines is 1. The Balaban J connectivity index is 1.39. The van der Waals surface area contributed by atoms with Crippen LogP contribution in [-0.4, -0.2) is 39.1 Å². The van der Waals surface area contributed by atoms with Crippen LogP contribution < -0.4 is 5.32 Å². The second-order valence-electron chi connectivity index (χ2n) is 6.79. The summed E-state index contributed by atoms with van der Waals surface area (Å²) < 4.78 is 8.42. The summed E-state index contributed by atoms with van der Waals surface area (Å²) in [6.45, 7) is 1.42. The number of benzene rings is 2. The Hall–Kier alpha value is -2.16. The Labute approximate surface area is 182 Å². The molecule has 4 rings (SSSR count). The minimum atomic E-state index is -0.207. The van der Waals surface area contributed by atoms with E-state index >= 15 is 0 Å². The second kappa shape index (κ2) is 9.56. The summed E-state index contributed by atoms with van der Waals surface area (Å²) in [6.07, 6.45) is 4.09. The number of aromatic nitrogens is 3. The predicted octanol–water partition coefficient (Wildman–Crippen LogP) is 4.61. The molecule has 1 amide bonds. The molecule has 0 spiro atoms. The highest BCUT2D eigenvalue weighted by Gasteiger charge is 2.18. The van der Waals surface area contributed by atoms with Gasteiger partial charge in [0.1, 0.15) is 6.33 Å². The monoisotopic (exact) mass is 472 g/mol. The number of thioether (sulfide) groups is 1. The topological polar surface area (TPSA) is 69.0 Å². The molecule has 1 aliphatic rings. The van der Waals surface area contributed by atoms with E-state index in [9.17, 15) is 4.79 Å². The zero-order valence-electron chi connectivity index (χ0n) is 15.8. The molecule has 0 bridgehead atoms. The fraction of sp³-hybridized carbons (Fsp3) is 0.286. The molecule has 8 heteroatoms. The first-order chi connectivity index (χ1) is 14.2. The highest BCUT2D eigenvalue weighted by Crippen LogP contribution is 2.27. The predicted molar refractivity (Wildman–Crippen MR) is 117 cm³/mol. The maximum absolute atomic E-state index is 12.8. The van der Waals surface area contributed by atoms with Crippen LogP contribution in [0.15, 0.2) is 64.2 Å². The third-order valence-corrected chi connectivity index (χ3v) is 6.33. The average molecular weight is 473 g/mol. The SMILES string of the molecule is O=C(Nc1ncn(Cc2ccc(Br)cc2)n1)c1ccccc1SCC1CCCO1. The number of rotatable bonds is 7. The van der Waals surface area contributed by atoms with Gasteiger partial charge in [-0.2, -0.15) is 0 Å². The van der Waals surface area contributed by atoms with Gasteiger partial charge in [-0.1, -0.05) is 40.2 Å². The van der Waals surface area contributed by atoms with Crippen LogP contribution in [0.3, 0.4) is 0 Å². The lowest BCUT2D eigenvalue weighted by molar-refractivity contribution is 0.102. The first kappa shape index (κ1) is 20.1. The fourth-order valence-electron chi connectivity index (χ4n) is 3.11. The molecule has 1 fully saturated rings. The van der Waals surface area contributed by atoms with Gasteiger partial charge in [-0.15, -0.1) is 16.9 Å². The van der Waals surface area contributed by atoms with Gasteiger partial charge in [-0.25, -0.2) is 9.67 Å². The van der Waals surface area contributed by atoms with Crippen LogP contribution in [-0.2, 0) is 11.3 Å². The molecule has 1 aromatic heterocycles. The maximum Gasteiger partial charge on any atom is 0.259 e. The Kier molecular flexibility index (Phi) is 6.63. The van der Waals surface area contributed by atoms with Crippen molar-refractivity contribution >= 4 is 39.5 Å². The molecule has 0 radical (unpaired) electrons. The number of ether oxygens (including phenoxy) is 1. The zero-order chi connectivity index (χ0) is 20.1. The molecule has 2 aromatic carbocycles. The fourth-order valence-corrected chi connectivity index (χ4v) is 4.50. The van der Waals surface area contributed by atoms with Gasteiger partial charge in [0, 0.05) is 21.7 Å². The van der Waals surface area contributed by atoms with Crippen molar-refractivity contribution in [2.75, 3.05) is 17.7 Å². The summed E-state index contributed by atoms with van der Waals surface area (Å²) in [5.74, 6) is 0.942. The standard InChI is InChI=1S/C21H21BrN4O2S/c22-16-9-7-15(8-10-16)12-26-14-23-21(25-26)24-20(27)18-5-1-2-6-19(18)29-13-17-4-3-11-28-17/h1-2,5-10,14,17H,3-4,11-13H2,(H,24,25,27). The molecule has 0 aliphatic carbocycles. The molecule has 1 aliphatic heterocycles. The Morgan fingerprint density at radius 1 is 1.24 bits per heavy atom. The maximum atomic E-state index is 12.8. The van der Waals surface area contributed by atoms with Gasteiger partial charge in [0.25, 0.3) is 5.91 Å².